The standard InChI is InChI=1S/C19H24ClFO4/c1-2-13-7-3-4-10-16(13)24-17(22)11-6-12-18(23)25-19-14(20)8-5-9-15(19)21/h5,8-9,13,16H,2-4,6-7,10-12H2,1H3. The fourth-order valence-electron chi connectivity index (χ4n) is 3.15. The second-order valence-corrected chi connectivity index (χ2v) is 6.77. The molecule has 0 bridgehead atoms. The maximum absolute atomic E-state index is 13.6. The monoisotopic (exact) mass is 370 g/mol. The van der Waals surface area contributed by atoms with Crippen LogP contribution in [0, 0.1) is 11.7 Å². The minimum Gasteiger partial charge on any atom is -0.462 e. The predicted molar refractivity (Wildman–Crippen MR) is 93.0 cm³/mol. The van der Waals surface area contributed by atoms with Crippen LogP contribution in [0.15, 0.2) is 18.2 Å². The predicted octanol–water partition coefficient (Wildman–Crippen LogP) is 5.07. The molecule has 0 spiro atoms. The van der Waals surface area contributed by atoms with Crippen molar-refractivity contribution in [2.75, 3.05) is 0 Å². The summed E-state index contributed by atoms with van der Waals surface area (Å²) in [7, 11) is 0. The molecule has 0 heterocycles. The summed E-state index contributed by atoms with van der Waals surface area (Å²) in [6.07, 6.45) is 5.74. The fourth-order valence-corrected chi connectivity index (χ4v) is 3.35. The number of esters is 2. The average molecular weight is 371 g/mol. The van der Waals surface area contributed by atoms with Crippen LogP contribution in [0.1, 0.15) is 58.3 Å². The van der Waals surface area contributed by atoms with Gasteiger partial charge < -0.3 is 9.47 Å². The van der Waals surface area contributed by atoms with Crippen LogP contribution in [0.3, 0.4) is 0 Å². The highest BCUT2D eigenvalue weighted by Crippen LogP contribution is 2.30. The van der Waals surface area contributed by atoms with Gasteiger partial charge in [-0.1, -0.05) is 31.0 Å². The van der Waals surface area contributed by atoms with Gasteiger partial charge in [-0.05, 0) is 50.2 Å². The van der Waals surface area contributed by atoms with Gasteiger partial charge in [0.1, 0.15) is 6.10 Å². The Bertz CT molecular complexity index is 585. The molecule has 0 aliphatic heterocycles. The van der Waals surface area contributed by atoms with Gasteiger partial charge in [-0.3, -0.25) is 9.59 Å². The molecule has 1 aliphatic rings. The number of halogens is 2. The number of hydrogen-bond donors (Lipinski definition) is 0. The van der Waals surface area contributed by atoms with Crippen LogP contribution in [-0.4, -0.2) is 18.0 Å². The van der Waals surface area contributed by atoms with Gasteiger partial charge in [-0.25, -0.2) is 4.39 Å². The van der Waals surface area contributed by atoms with Crippen molar-refractivity contribution in [1.82, 2.24) is 0 Å². The molecular formula is C19H24ClFO4. The number of hydrogen-bond acceptors (Lipinski definition) is 4. The lowest BCUT2D eigenvalue weighted by molar-refractivity contribution is -0.153. The number of para-hydroxylation sites is 1. The Kier molecular flexibility index (Phi) is 7.69. The lowest BCUT2D eigenvalue weighted by Crippen LogP contribution is -2.29. The first-order valence-corrected chi connectivity index (χ1v) is 9.23. The number of ether oxygens (including phenoxy) is 2. The van der Waals surface area contributed by atoms with Gasteiger partial charge in [0.25, 0.3) is 0 Å². The van der Waals surface area contributed by atoms with E-state index in [0.29, 0.717) is 12.3 Å². The van der Waals surface area contributed by atoms with Crippen LogP contribution in [0.5, 0.6) is 5.75 Å². The molecule has 25 heavy (non-hydrogen) atoms. The molecule has 1 fully saturated rings. The zero-order valence-corrected chi connectivity index (χ0v) is 15.2. The third-order valence-corrected chi connectivity index (χ3v) is 4.84. The first-order valence-electron chi connectivity index (χ1n) is 8.85. The molecule has 138 valence electrons. The fraction of sp³-hybridized carbons (Fsp3) is 0.579. The molecule has 1 aromatic carbocycles. The van der Waals surface area contributed by atoms with E-state index in [1.165, 1.54) is 24.6 Å². The summed E-state index contributed by atoms with van der Waals surface area (Å²) < 4.78 is 24.1. The molecule has 0 aromatic heterocycles. The van der Waals surface area contributed by atoms with E-state index < -0.39 is 11.8 Å². The van der Waals surface area contributed by atoms with E-state index in [9.17, 15) is 14.0 Å². The molecule has 2 rings (SSSR count). The minimum atomic E-state index is -0.692. The molecule has 2 atom stereocenters. The topological polar surface area (TPSA) is 52.6 Å². The van der Waals surface area contributed by atoms with Crippen molar-refractivity contribution in [3.8, 4) is 5.75 Å². The van der Waals surface area contributed by atoms with Crippen molar-refractivity contribution < 1.29 is 23.5 Å². The smallest absolute Gasteiger partial charge is 0.311 e. The molecule has 0 radical (unpaired) electrons. The molecule has 2 unspecified atom stereocenters. The van der Waals surface area contributed by atoms with E-state index in [1.54, 1.807) is 0 Å². The summed E-state index contributed by atoms with van der Waals surface area (Å²) in [6.45, 7) is 2.11. The van der Waals surface area contributed by atoms with Gasteiger partial charge in [0, 0.05) is 12.8 Å². The summed E-state index contributed by atoms with van der Waals surface area (Å²) in [4.78, 5) is 23.8. The first-order chi connectivity index (χ1) is 12.0. The summed E-state index contributed by atoms with van der Waals surface area (Å²) >= 11 is 5.80. The van der Waals surface area contributed by atoms with E-state index in [2.05, 4.69) is 6.92 Å². The van der Waals surface area contributed by atoms with Crippen LogP contribution < -0.4 is 4.74 Å². The largest absolute Gasteiger partial charge is 0.462 e. The van der Waals surface area contributed by atoms with Crippen molar-refractivity contribution in [3.63, 3.8) is 0 Å². The Labute approximate surface area is 152 Å². The van der Waals surface area contributed by atoms with Crippen LogP contribution in [0.25, 0.3) is 0 Å². The quantitative estimate of drug-likeness (QED) is 0.497. The van der Waals surface area contributed by atoms with Gasteiger partial charge in [0.15, 0.2) is 11.6 Å². The highest BCUT2D eigenvalue weighted by Gasteiger charge is 2.26. The molecule has 4 nitrogen and oxygen atoms in total. The number of benzene rings is 1. The first kappa shape index (κ1) is 19.7. The third kappa shape index (κ3) is 5.99. The number of rotatable bonds is 7. The lowest BCUT2D eigenvalue weighted by Gasteiger charge is -2.30. The molecule has 0 N–H and O–H groups in total. The summed E-state index contributed by atoms with van der Waals surface area (Å²) in [6, 6.07) is 4.04. The van der Waals surface area contributed by atoms with Crippen molar-refractivity contribution in [2.24, 2.45) is 5.92 Å². The second kappa shape index (κ2) is 9.76. The molecular weight excluding hydrogens is 347 g/mol. The zero-order valence-electron chi connectivity index (χ0n) is 14.4. The summed E-state index contributed by atoms with van der Waals surface area (Å²) in [5.74, 6) is -1.44. The van der Waals surface area contributed by atoms with Gasteiger partial charge in [-0.2, -0.15) is 0 Å². The third-order valence-electron chi connectivity index (χ3n) is 4.54. The van der Waals surface area contributed by atoms with Crippen molar-refractivity contribution in [3.05, 3.63) is 29.0 Å². The minimum absolute atomic E-state index is 0.00162. The highest BCUT2D eigenvalue weighted by atomic mass is 35.5. The Hall–Kier alpha value is -1.62. The van der Waals surface area contributed by atoms with Crippen LogP contribution in [-0.2, 0) is 14.3 Å². The number of carbonyl (C=O) groups excluding carboxylic acids is 2. The van der Waals surface area contributed by atoms with E-state index in [0.717, 1.165) is 25.7 Å². The molecule has 6 heteroatoms. The second-order valence-electron chi connectivity index (χ2n) is 6.36. The lowest BCUT2D eigenvalue weighted by atomic mass is 9.85. The normalized spacial score (nSPS) is 20.1. The maximum Gasteiger partial charge on any atom is 0.311 e. The Morgan fingerprint density at radius 3 is 2.64 bits per heavy atom. The highest BCUT2D eigenvalue weighted by molar-refractivity contribution is 6.32. The molecule has 1 saturated carbocycles. The van der Waals surface area contributed by atoms with E-state index in [-0.39, 0.29) is 35.7 Å². The van der Waals surface area contributed by atoms with Crippen molar-refractivity contribution >= 4 is 23.5 Å². The molecule has 0 amide bonds. The van der Waals surface area contributed by atoms with Gasteiger partial charge in [-0.15, -0.1) is 0 Å². The molecule has 1 aromatic rings. The SMILES string of the molecule is CCC1CCCCC1OC(=O)CCCC(=O)Oc1c(F)cccc1Cl. The summed E-state index contributed by atoms with van der Waals surface area (Å²) in [5, 5.41) is 0.0377. The van der Waals surface area contributed by atoms with Crippen LogP contribution >= 0.6 is 11.6 Å². The van der Waals surface area contributed by atoms with Gasteiger partial charge in [0.2, 0.25) is 0 Å². The van der Waals surface area contributed by atoms with E-state index >= 15 is 0 Å². The van der Waals surface area contributed by atoms with Crippen molar-refractivity contribution in [2.45, 2.75) is 64.4 Å². The Morgan fingerprint density at radius 1 is 1.20 bits per heavy atom. The van der Waals surface area contributed by atoms with Crippen LogP contribution in [0.4, 0.5) is 4.39 Å². The van der Waals surface area contributed by atoms with Gasteiger partial charge >= 0.3 is 11.9 Å². The maximum atomic E-state index is 13.6. The van der Waals surface area contributed by atoms with Crippen LogP contribution in [0.2, 0.25) is 5.02 Å². The average Bonchev–Trinajstić information content (AvgIpc) is 2.59. The van der Waals surface area contributed by atoms with E-state index in [1.807, 2.05) is 0 Å². The van der Waals surface area contributed by atoms with Gasteiger partial charge in [0.05, 0.1) is 5.02 Å². The number of carbonyl (C=O) groups is 2. The van der Waals surface area contributed by atoms with Crippen molar-refractivity contribution in [1.29, 1.82) is 0 Å². The Balaban J connectivity index is 1.72. The van der Waals surface area contributed by atoms with E-state index in [4.69, 9.17) is 21.1 Å². The summed E-state index contributed by atoms with van der Waals surface area (Å²) in [5.41, 5.74) is 0. The zero-order chi connectivity index (χ0) is 18.2. The Morgan fingerprint density at radius 2 is 1.92 bits per heavy atom. The molecule has 0 saturated heterocycles. The molecule has 1 aliphatic carbocycles.